The number of carbonyl (C=O) groups excluding carboxylic acids is 2. The summed E-state index contributed by atoms with van der Waals surface area (Å²) in [6.45, 7) is 10.0. The molecule has 1 unspecified atom stereocenters. The topological polar surface area (TPSA) is 58.6 Å². The average molecular weight is 338 g/mol. The van der Waals surface area contributed by atoms with Crippen molar-refractivity contribution in [2.45, 2.75) is 83.9 Å². The number of likely N-dealkylation sites (tertiary alicyclic amines) is 1. The molecule has 5 heteroatoms. The van der Waals surface area contributed by atoms with E-state index in [1.54, 1.807) is 4.90 Å². The normalized spacial score (nSPS) is 20.9. The Morgan fingerprint density at radius 3 is 2.38 bits per heavy atom. The van der Waals surface area contributed by atoms with Gasteiger partial charge in [-0.05, 0) is 46.0 Å². The number of nitrogens with zero attached hydrogens (tertiary/aromatic N) is 1. The van der Waals surface area contributed by atoms with Crippen LogP contribution in [0.2, 0.25) is 0 Å². The van der Waals surface area contributed by atoms with Crippen LogP contribution in [0, 0.1) is 5.92 Å². The summed E-state index contributed by atoms with van der Waals surface area (Å²) in [5, 5.41) is 3.29. The zero-order valence-electron chi connectivity index (χ0n) is 15.8. The van der Waals surface area contributed by atoms with Gasteiger partial charge >= 0.3 is 0 Å². The Bertz CT molecular complexity index is 432. The number of carbonyl (C=O) groups is 2. The first kappa shape index (κ1) is 19.4. The van der Waals surface area contributed by atoms with Crippen LogP contribution in [-0.4, -0.2) is 54.0 Å². The second kappa shape index (κ2) is 8.43. The molecule has 0 aromatic rings. The predicted molar refractivity (Wildman–Crippen MR) is 94.9 cm³/mol. The van der Waals surface area contributed by atoms with Crippen molar-refractivity contribution in [3.63, 3.8) is 0 Å². The molecule has 1 aliphatic carbocycles. The Morgan fingerprint density at radius 2 is 1.83 bits per heavy atom. The first-order valence-electron chi connectivity index (χ1n) is 9.52. The molecule has 138 valence electrons. The summed E-state index contributed by atoms with van der Waals surface area (Å²) in [5.41, 5.74) is -0.183. The summed E-state index contributed by atoms with van der Waals surface area (Å²) >= 11 is 0. The molecular formula is C19H34N2O3. The molecule has 0 aromatic carbocycles. The molecule has 0 spiro atoms. The molecule has 0 aromatic heterocycles. The van der Waals surface area contributed by atoms with Crippen molar-refractivity contribution >= 4 is 11.7 Å². The number of ketones is 1. The molecule has 2 fully saturated rings. The highest BCUT2D eigenvalue weighted by Crippen LogP contribution is 2.26. The Morgan fingerprint density at radius 1 is 1.21 bits per heavy atom. The van der Waals surface area contributed by atoms with Gasteiger partial charge in [0.1, 0.15) is 0 Å². The molecule has 1 aliphatic heterocycles. The van der Waals surface area contributed by atoms with Gasteiger partial charge in [-0.15, -0.1) is 0 Å². The van der Waals surface area contributed by atoms with Gasteiger partial charge in [-0.25, -0.2) is 0 Å². The van der Waals surface area contributed by atoms with Crippen molar-refractivity contribution in [1.29, 1.82) is 0 Å². The minimum Gasteiger partial charge on any atom is -0.374 e. The third kappa shape index (κ3) is 5.55. The van der Waals surface area contributed by atoms with Gasteiger partial charge in [-0.2, -0.15) is 0 Å². The van der Waals surface area contributed by atoms with Gasteiger partial charge in [0, 0.05) is 25.2 Å². The molecule has 1 saturated carbocycles. The summed E-state index contributed by atoms with van der Waals surface area (Å²) < 4.78 is 5.89. The lowest BCUT2D eigenvalue weighted by Crippen LogP contribution is -2.60. The number of hydrogen-bond acceptors (Lipinski definition) is 4. The Balaban J connectivity index is 1.75. The van der Waals surface area contributed by atoms with Gasteiger partial charge in [0.2, 0.25) is 5.78 Å². The second-order valence-corrected chi connectivity index (χ2v) is 8.42. The summed E-state index contributed by atoms with van der Waals surface area (Å²) in [6.07, 6.45) is 6.85. The fourth-order valence-corrected chi connectivity index (χ4v) is 3.54. The van der Waals surface area contributed by atoms with Crippen molar-refractivity contribution < 1.29 is 14.3 Å². The van der Waals surface area contributed by atoms with Gasteiger partial charge in [-0.3, -0.25) is 9.59 Å². The number of ether oxygens (including phenoxy) is 1. The minimum absolute atomic E-state index is 0.113. The van der Waals surface area contributed by atoms with Crippen molar-refractivity contribution in [1.82, 2.24) is 10.2 Å². The van der Waals surface area contributed by atoms with Crippen LogP contribution in [-0.2, 0) is 14.3 Å². The maximum Gasteiger partial charge on any atom is 0.291 e. The van der Waals surface area contributed by atoms with Crippen molar-refractivity contribution in [2.75, 3.05) is 19.7 Å². The smallest absolute Gasteiger partial charge is 0.291 e. The number of nitrogens with one attached hydrogen (secondary N) is 1. The average Bonchev–Trinajstić information content (AvgIpc) is 2.96. The third-order valence-electron chi connectivity index (χ3n) is 4.89. The molecule has 24 heavy (non-hydrogen) atoms. The number of rotatable bonds is 8. The molecule has 1 amide bonds. The first-order chi connectivity index (χ1) is 11.3. The van der Waals surface area contributed by atoms with E-state index in [0.717, 1.165) is 13.0 Å². The molecule has 2 rings (SSSR count). The number of amides is 1. The van der Waals surface area contributed by atoms with E-state index in [1.165, 1.54) is 25.7 Å². The molecule has 1 saturated heterocycles. The highest BCUT2D eigenvalue weighted by molar-refractivity contribution is 6.38. The molecule has 0 radical (unpaired) electrons. The van der Waals surface area contributed by atoms with E-state index < -0.39 is 0 Å². The monoisotopic (exact) mass is 338 g/mol. The largest absolute Gasteiger partial charge is 0.374 e. The van der Waals surface area contributed by atoms with E-state index in [9.17, 15) is 9.59 Å². The lowest BCUT2D eigenvalue weighted by atomic mass is 9.99. The Kier molecular flexibility index (Phi) is 6.81. The maximum atomic E-state index is 12.5. The van der Waals surface area contributed by atoms with Crippen LogP contribution in [0.5, 0.6) is 0 Å². The zero-order chi connectivity index (χ0) is 17.7. The highest BCUT2D eigenvalue weighted by atomic mass is 16.5. The fourth-order valence-electron chi connectivity index (χ4n) is 3.54. The minimum atomic E-state index is -0.388. The van der Waals surface area contributed by atoms with Crippen LogP contribution < -0.4 is 5.32 Å². The lowest BCUT2D eigenvalue weighted by Gasteiger charge is -2.39. The summed E-state index contributed by atoms with van der Waals surface area (Å²) in [4.78, 5) is 26.6. The quantitative estimate of drug-likeness (QED) is 0.691. The molecule has 1 N–H and O–H groups in total. The van der Waals surface area contributed by atoms with Gasteiger partial charge in [-0.1, -0.05) is 26.2 Å². The second-order valence-electron chi connectivity index (χ2n) is 8.42. The number of Topliss-reactive ketones (excluding diaryl/α,β-unsaturated/α-hetero) is 1. The standard InChI is InChI=1S/C19H34N2O3/c1-5-8-16(20-19(2,3)4)17(22)18(23)21-11-15(12-21)24-13-14-9-6-7-10-14/h14-16,20H,5-13H2,1-4H3. The molecule has 2 aliphatic rings. The van der Waals surface area contributed by atoms with E-state index in [0.29, 0.717) is 25.4 Å². The van der Waals surface area contributed by atoms with Gasteiger partial charge < -0.3 is 15.0 Å². The van der Waals surface area contributed by atoms with Crippen LogP contribution in [0.25, 0.3) is 0 Å². The summed E-state index contributed by atoms with van der Waals surface area (Å²) in [5.74, 6) is 0.0354. The van der Waals surface area contributed by atoms with E-state index in [1.807, 2.05) is 27.7 Å². The Hall–Kier alpha value is -0.940. The number of hydrogen-bond donors (Lipinski definition) is 1. The van der Waals surface area contributed by atoms with Crippen LogP contribution in [0.4, 0.5) is 0 Å². The maximum absolute atomic E-state index is 12.5. The molecule has 5 nitrogen and oxygen atoms in total. The van der Waals surface area contributed by atoms with E-state index in [4.69, 9.17) is 4.74 Å². The zero-order valence-corrected chi connectivity index (χ0v) is 15.8. The van der Waals surface area contributed by atoms with E-state index >= 15 is 0 Å². The summed E-state index contributed by atoms with van der Waals surface area (Å²) in [7, 11) is 0. The van der Waals surface area contributed by atoms with Crippen LogP contribution in [0.3, 0.4) is 0 Å². The van der Waals surface area contributed by atoms with Crippen molar-refractivity contribution in [3.8, 4) is 0 Å². The lowest BCUT2D eigenvalue weighted by molar-refractivity contribution is -0.155. The van der Waals surface area contributed by atoms with Crippen molar-refractivity contribution in [3.05, 3.63) is 0 Å². The fraction of sp³-hybridized carbons (Fsp3) is 0.895. The third-order valence-corrected chi connectivity index (χ3v) is 4.89. The predicted octanol–water partition coefficient (Wildman–Crippen LogP) is 2.53. The summed E-state index contributed by atoms with van der Waals surface area (Å²) in [6, 6.07) is -0.388. The van der Waals surface area contributed by atoms with Gasteiger partial charge in [0.15, 0.2) is 0 Å². The van der Waals surface area contributed by atoms with E-state index in [2.05, 4.69) is 5.32 Å². The van der Waals surface area contributed by atoms with Crippen LogP contribution >= 0.6 is 0 Å². The van der Waals surface area contributed by atoms with Crippen LogP contribution in [0.15, 0.2) is 0 Å². The van der Waals surface area contributed by atoms with Crippen molar-refractivity contribution in [2.24, 2.45) is 5.92 Å². The van der Waals surface area contributed by atoms with E-state index in [-0.39, 0.29) is 29.4 Å². The molecular weight excluding hydrogens is 304 g/mol. The first-order valence-corrected chi connectivity index (χ1v) is 9.52. The molecule has 0 bridgehead atoms. The molecule has 1 atom stereocenters. The Labute approximate surface area is 146 Å². The van der Waals surface area contributed by atoms with Crippen LogP contribution in [0.1, 0.15) is 66.2 Å². The highest BCUT2D eigenvalue weighted by Gasteiger charge is 2.38. The SMILES string of the molecule is CCCC(NC(C)(C)C)C(=O)C(=O)N1CC(OCC2CCCC2)C1. The van der Waals surface area contributed by atoms with Gasteiger partial charge in [0.05, 0.1) is 12.1 Å². The van der Waals surface area contributed by atoms with Gasteiger partial charge in [0.25, 0.3) is 5.91 Å². The molecule has 1 heterocycles.